The minimum Gasteiger partial charge on any atom is -0.397 e. The van der Waals surface area contributed by atoms with Crippen LogP contribution in [0.4, 0.5) is 5.69 Å². The smallest absolute Gasteiger partial charge is 0.262 e. The molecule has 0 atom stereocenters. The van der Waals surface area contributed by atoms with Gasteiger partial charge in [0.05, 0.1) is 40.6 Å². The number of pyridine rings is 1. The molecule has 3 aromatic rings. The number of carbonyl (C=O) groups is 1. The van der Waals surface area contributed by atoms with Gasteiger partial charge >= 0.3 is 0 Å². The number of aromatic nitrogens is 1. The number of fused-ring (bicyclic) bond motifs is 2. The third-order valence-electron chi connectivity index (χ3n) is 5.08. The van der Waals surface area contributed by atoms with Gasteiger partial charge in [0.2, 0.25) is 0 Å². The van der Waals surface area contributed by atoms with Gasteiger partial charge in [-0.2, -0.15) is 5.26 Å². The number of amides is 1. The number of nitrogen functional groups attached to an aromatic ring is 1. The van der Waals surface area contributed by atoms with E-state index in [1.165, 1.54) is 0 Å². The number of para-hydroxylation sites is 1. The zero-order chi connectivity index (χ0) is 18.5. The van der Waals surface area contributed by atoms with E-state index < -0.39 is 0 Å². The van der Waals surface area contributed by atoms with Crippen LogP contribution in [0.25, 0.3) is 22.0 Å². The van der Waals surface area contributed by atoms with Gasteiger partial charge in [-0.3, -0.25) is 4.79 Å². The van der Waals surface area contributed by atoms with Crippen LogP contribution in [-0.4, -0.2) is 15.8 Å². The van der Waals surface area contributed by atoms with Gasteiger partial charge in [-0.05, 0) is 18.2 Å². The largest absolute Gasteiger partial charge is 0.397 e. The number of anilines is 1. The van der Waals surface area contributed by atoms with Crippen molar-refractivity contribution in [2.75, 3.05) is 5.73 Å². The Morgan fingerprint density at radius 2 is 1.89 bits per heavy atom. The average Bonchev–Trinajstić information content (AvgIpc) is 2.96. The highest BCUT2D eigenvalue weighted by Crippen LogP contribution is 2.38. The molecule has 2 heterocycles. The molecule has 5 heteroatoms. The molecule has 5 nitrogen and oxygen atoms in total. The van der Waals surface area contributed by atoms with Crippen molar-refractivity contribution in [1.29, 1.82) is 5.26 Å². The lowest BCUT2D eigenvalue weighted by Crippen LogP contribution is -2.24. The second-order valence-corrected chi connectivity index (χ2v) is 6.55. The van der Waals surface area contributed by atoms with Crippen LogP contribution in [0.1, 0.15) is 21.6 Å². The molecular weight excluding hydrogens is 336 g/mol. The number of hydrogen-bond acceptors (Lipinski definition) is 4. The SMILES string of the molecule is N#Cc1ccccc1-c1cccc2c(N)c3c(nc12)CN(C1=CC=C1)C3=O. The van der Waals surface area contributed by atoms with Crippen molar-refractivity contribution in [3.05, 3.63) is 83.2 Å². The minimum absolute atomic E-state index is 0.115. The molecule has 0 saturated carbocycles. The standard InChI is InChI=1S/C22H14N4O/c23-11-13-5-1-2-8-15(13)16-9-4-10-17-20(24)19-18(25-21(16)17)12-26(22(19)27)14-6-3-7-14/h1-10H,12H2,(H2,24,25). The molecule has 0 unspecified atom stereocenters. The molecule has 1 amide bonds. The maximum atomic E-state index is 12.8. The average molecular weight is 350 g/mol. The fraction of sp³-hybridized carbons (Fsp3) is 0.0455. The predicted octanol–water partition coefficient (Wildman–Crippen LogP) is 3.77. The van der Waals surface area contributed by atoms with E-state index in [0.717, 1.165) is 22.2 Å². The number of nitrogens with two attached hydrogens (primary N) is 1. The number of rotatable bonds is 2. The summed E-state index contributed by atoms with van der Waals surface area (Å²) < 4.78 is 0. The summed E-state index contributed by atoms with van der Waals surface area (Å²) in [7, 11) is 0. The zero-order valence-corrected chi connectivity index (χ0v) is 14.3. The van der Waals surface area contributed by atoms with Crippen molar-refractivity contribution in [3.8, 4) is 17.2 Å². The van der Waals surface area contributed by atoms with Gasteiger partial charge in [0, 0.05) is 22.2 Å². The van der Waals surface area contributed by atoms with Crippen LogP contribution >= 0.6 is 0 Å². The first-order chi connectivity index (χ1) is 13.2. The Kier molecular flexibility index (Phi) is 3.15. The molecule has 0 saturated heterocycles. The normalized spacial score (nSPS) is 14.7. The molecule has 1 aliphatic carbocycles. The summed E-state index contributed by atoms with van der Waals surface area (Å²) in [5, 5.41) is 10.2. The second kappa shape index (κ2) is 5.55. The number of nitriles is 1. The van der Waals surface area contributed by atoms with Crippen LogP contribution in [0.3, 0.4) is 0 Å². The first-order valence-corrected chi connectivity index (χ1v) is 8.60. The fourth-order valence-corrected chi connectivity index (χ4v) is 3.68. The highest BCUT2D eigenvalue weighted by atomic mass is 16.2. The Morgan fingerprint density at radius 3 is 2.63 bits per heavy atom. The lowest BCUT2D eigenvalue weighted by Gasteiger charge is -2.19. The van der Waals surface area contributed by atoms with Gasteiger partial charge in [0.1, 0.15) is 0 Å². The summed E-state index contributed by atoms with van der Waals surface area (Å²) in [5.41, 5.74) is 11.8. The molecule has 27 heavy (non-hydrogen) atoms. The molecule has 0 spiro atoms. The van der Waals surface area contributed by atoms with Gasteiger partial charge in [-0.1, -0.05) is 42.5 Å². The third kappa shape index (κ3) is 2.10. The van der Waals surface area contributed by atoms with Crippen molar-refractivity contribution in [1.82, 2.24) is 9.88 Å². The van der Waals surface area contributed by atoms with Gasteiger partial charge in [0.25, 0.3) is 5.91 Å². The Hall–Kier alpha value is -3.91. The molecular formula is C22H14N4O. The predicted molar refractivity (Wildman–Crippen MR) is 103 cm³/mol. The number of allylic oxidation sites excluding steroid dienone is 3. The Bertz CT molecular complexity index is 1250. The van der Waals surface area contributed by atoms with Crippen LogP contribution in [0.5, 0.6) is 0 Å². The number of hydrogen-bond donors (Lipinski definition) is 1. The van der Waals surface area contributed by atoms with Gasteiger partial charge < -0.3 is 10.6 Å². The summed E-state index contributed by atoms with van der Waals surface area (Å²) in [6, 6.07) is 15.3. The molecule has 0 bridgehead atoms. The molecule has 128 valence electrons. The Balaban J connectivity index is 1.76. The molecule has 0 radical (unpaired) electrons. The minimum atomic E-state index is -0.115. The van der Waals surface area contributed by atoms with Crippen LogP contribution in [-0.2, 0) is 6.54 Å². The summed E-state index contributed by atoms with van der Waals surface area (Å²) in [4.78, 5) is 19.3. The molecule has 2 N–H and O–H groups in total. The summed E-state index contributed by atoms with van der Waals surface area (Å²) >= 11 is 0. The van der Waals surface area contributed by atoms with Gasteiger partial charge in [-0.15, -0.1) is 0 Å². The van der Waals surface area contributed by atoms with E-state index >= 15 is 0 Å². The summed E-state index contributed by atoms with van der Waals surface area (Å²) in [5.74, 6) is -0.115. The van der Waals surface area contributed by atoms with E-state index in [4.69, 9.17) is 10.7 Å². The Labute approximate surface area is 155 Å². The van der Waals surface area contributed by atoms with Crippen molar-refractivity contribution in [3.63, 3.8) is 0 Å². The monoisotopic (exact) mass is 350 g/mol. The van der Waals surface area contributed by atoms with Crippen molar-refractivity contribution >= 4 is 22.5 Å². The third-order valence-corrected chi connectivity index (χ3v) is 5.08. The topological polar surface area (TPSA) is 83.0 Å². The fourth-order valence-electron chi connectivity index (χ4n) is 3.68. The van der Waals surface area contributed by atoms with Crippen molar-refractivity contribution < 1.29 is 4.79 Å². The molecule has 1 aromatic heterocycles. The lowest BCUT2D eigenvalue weighted by molar-refractivity contribution is 0.0831. The number of benzene rings is 2. The molecule has 5 rings (SSSR count). The molecule has 1 aliphatic heterocycles. The maximum absolute atomic E-state index is 12.8. The van der Waals surface area contributed by atoms with E-state index in [9.17, 15) is 10.1 Å². The van der Waals surface area contributed by atoms with Crippen LogP contribution in [0, 0.1) is 11.3 Å². The summed E-state index contributed by atoms with van der Waals surface area (Å²) in [6.07, 6.45) is 5.69. The Morgan fingerprint density at radius 1 is 1.11 bits per heavy atom. The molecule has 0 fully saturated rings. The first-order valence-electron chi connectivity index (χ1n) is 8.60. The van der Waals surface area contributed by atoms with Crippen LogP contribution in [0.15, 0.2) is 66.4 Å². The highest BCUT2D eigenvalue weighted by molar-refractivity contribution is 6.12. The quantitative estimate of drug-likeness (QED) is 0.763. The zero-order valence-electron chi connectivity index (χ0n) is 14.3. The second-order valence-electron chi connectivity index (χ2n) is 6.55. The number of nitrogens with zero attached hydrogens (tertiary/aromatic N) is 3. The number of carbonyl (C=O) groups excluding carboxylic acids is 1. The van der Waals surface area contributed by atoms with E-state index in [1.54, 1.807) is 11.0 Å². The van der Waals surface area contributed by atoms with Gasteiger partial charge in [-0.25, -0.2) is 4.98 Å². The van der Waals surface area contributed by atoms with E-state index in [0.29, 0.717) is 34.6 Å². The van der Waals surface area contributed by atoms with Crippen molar-refractivity contribution in [2.45, 2.75) is 6.54 Å². The van der Waals surface area contributed by atoms with Crippen LogP contribution in [0.2, 0.25) is 0 Å². The van der Waals surface area contributed by atoms with Crippen LogP contribution < -0.4 is 5.73 Å². The van der Waals surface area contributed by atoms with Crippen molar-refractivity contribution in [2.24, 2.45) is 0 Å². The first kappa shape index (κ1) is 15.4. The molecule has 2 aliphatic rings. The van der Waals surface area contributed by atoms with Gasteiger partial charge in [0.15, 0.2) is 0 Å². The molecule has 2 aromatic carbocycles. The van der Waals surface area contributed by atoms with E-state index in [1.807, 2.05) is 54.6 Å². The highest BCUT2D eigenvalue weighted by Gasteiger charge is 2.34. The lowest BCUT2D eigenvalue weighted by atomic mass is 9.96. The maximum Gasteiger partial charge on any atom is 0.262 e. The van der Waals surface area contributed by atoms with E-state index in [2.05, 4.69) is 6.07 Å². The van der Waals surface area contributed by atoms with E-state index in [-0.39, 0.29) is 5.91 Å². The summed E-state index contributed by atoms with van der Waals surface area (Å²) in [6.45, 7) is 0.401.